The van der Waals surface area contributed by atoms with Gasteiger partial charge in [0.15, 0.2) is 13.6 Å². The molecule has 0 atom stereocenters. The topological polar surface area (TPSA) is 91.2 Å². The molecule has 3 aromatic carbocycles. The first-order valence-electron chi connectivity index (χ1n) is 12.8. The minimum Gasteiger partial charge on any atom is -0.467 e. The normalized spacial score (nSPS) is 17.4. The quantitative estimate of drug-likeness (QED) is 0.348. The van der Waals surface area contributed by atoms with Crippen LogP contribution in [0.4, 0.5) is 4.79 Å². The van der Waals surface area contributed by atoms with E-state index in [1.54, 1.807) is 0 Å². The summed E-state index contributed by atoms with van der Waals surface area (Å²) in [6.45, 7) is 4.12. The summed E-state index contributed by atoms with van der Waals surface area (Å²) in [6.07, 6.45) is 0. The van der Waals surface area contributed by atoms with E-state index >= 15 is 0 Å². The van der Waals surface area contributed by atoms with E-state index in [-0.39, 0.29) is 25.7 Å². The second-order valence-electron chi connectivity index (χ2n) is 9.80. The van der Waals surface area contributed by atoms with Gasteiger partial charge in [-0.3, -0.25) is 4.90 Å². The van der Waals surface area contributed by atoms with Crippen LogP contribution in [-0.4, -0.2) is 70.6 Å². The lowest BCUT2D eigenvalue weighted by molar-refractivity contribution is -0.0165. The van der Waals surface area contributed by atoms with Crippen LogP contribution in [0.15, 0.2) is 59.1 Å². The highest BCUT2D eigenvalue weighted by Gasteiger charge is 2.31. The number of halogens is 1. The van der Waals surface area contributed by atoms with Gasteiger partial charge < -0.3 is 23.8 Å². The van der Waals surface area contributed by atoms with Crippen LogP contribution in [0, 0.1) is 0 Å². The molecule has 200 valence electrons. The number of piperazine rings is 1. The third-order valence-corrected chi connectivity index (χ3v) is 7.94. The molecule has 1 fully saturated rings. The van der Waals surface area contributed by atoms with E-state index in [9.17, 15) is 4.79 Å². The Balaban J connectivity index is 1.16. The van der Waals surface area contributed by atoms with Crippen molar-refractivity contribution in [1.82, 2.24) is 24.8 Å². The summed E-state index contributed by atoms with van der Waals surface area (Å²) in [5, 5.41) is 8.31. The molecule has 1 aromatic heterocycles. The van der Waals surface area contributed by atoms with Gasteiger partial charge in [-0.15, -0.1) is 5.10 Å². The smallest absolute Gasteiger partial charge is 0.346 e. The lowest BCUT2D eigenvalue weighted by Crippen LogP contribution is -2.51. The van der Waals surface area contributed by atoms with Crippen molar-refractivity contribution in [2.45, 2.75) is 19.3 Å². The summed E-state index contributed by atoms with van der Waals surface area (Å²) in [5.41, 5.74) is 5.73. The van der Waals surface area contributed by atoms with Crippen molar-refractivity contribution >= 4 is 33.0 Å². The Labute approximate surface area is 233 Å². The number of nitrogens with zero attached hydrogens (tertiary/aromatic N) is 5. The SMILES string of the molecule is O=C(N1CCN(C(c2ccc3c(c2)COCO3)c2ccc3c(c2)COCO3)CC1)n1nnc2cc(Br)ccc21. The maximum atomic E-state index is 13.4. The molecule has 0 aliphatic carbocycles. The summed E-state index contributed by atoms with van der Waals surface area (Å²) in [6, 6.07) is 18.1. The number of ether oxygens (including phenoxy) is 4. The van der Waals surface area contributed by atoms with E-state index < -0.39 is 0 Å². The molecule has 4 heterocycles. The molecule has 39 heavy (non-hydrogen) atoms. The molecule has 0 unspecified atom stereocenters. The Bertz CT molecular complexity index is 1490. The van der Waals surface area contributed by atoms with Gasteiger partial charge in [0.05, 0.1) is 24.8 Å². The largest absolute Gasteiger partial charge is 0.467 e. The number of amides is 1. The predicted molar refractivity (Wildman–Crippen MR) is 144 cm³/mol. The molecule has 0 radical (unpaired) electrons. The van der Waals surface area contributed by atoms with E-state index in [1.807, 2.05) is 35.2 Å². The summed E-state index contributed by atoms with van der Waals surface area (Å²) in [7, 11) is 0. The highest BCUT2D eigenvalue weighted by molar-refractivity contribution is 9.10. The third kappa shape index (κ3) is 4.65. The minimum absolute atomic E-state index is 0.0220. The lowest BCUT2D eigenvalue weighted by Gasteiger charge is -2.40. The summed E-state index contributed by atoms with van der Waals surface area (Å²) in [5.74, 6) is 1.72. The molecule has 0 saturated carbocycles. The Morgan fingerprint density at radius 1 is 0.821 bits per heavy atom. The maximum absolute atomic E-state index is 13.4. The van der Waals surface area contributed by atoms with Crippen molar-refractivity contribution in [2.24, 2.45) is 0 Å². The highest BCUT2D eigenvalue weighted by atomic mass is 79.9. The number of aromatic nitrogens is 3. The van der Waals surface area contributed by atoms with Crippen LogP contribution < -0.4 is 9.47 Å². The van der Waals surface area contributed by atoms with Crippen LogP contribution in [0.3, 0.4) is 0 Å². The second kappa shape index (κ2) is 10.2. The van der Waals surface area contributed by atoms with Crippen molar-refractivity contribution in [1.29, 1.82) is 0 Å². The summed E-state index contributed by atoms with van der Waals surface area (Å²) < 4.78 is 24.7. The number of benzene rings is 3. The fourth-order valence-corrected chi connectivity index (χ4v) is 5.87. The molecule has 10 nitrogen and oxygen atoms in total. The molecule has 0 bridgehead atoms. The van der Waals surface area contributed by atoms with Gasteiger partial charge in [0.25, 0.3) is 0 Å². The van der Waals surface area contributed by atoms with Crippen LogP contribution in [0.25, 0.3) is 11.0 Å². The zero-order valence-corrected chi connectivity index (χ0v) is 22.7. The molecule has 3 aliphatic rings. The molecule has 0 spiro atoms. The average molecular weight is 592 g/mol. The first-order valence-corrected chi connectivity index (χ1v) is 13.6. The number of carbonyl (C=O) groups is 1. The molecular weight excluding hydrogens is 566 g/mol. The molecule has 1 saturated heterocycles. The fraction of sp³-hybridized carbons (Fsp3) is 0.321. The van der Waals surface area contributed by atoms with E-state index in [0.717, 1.165) is 38.2 Å². The number of hydrogen-bond donors (Lipinski definition) is 0. The number of rotatable bonds is 3. The monoisotopic (exact) mass is 591 g/mol. The van der Waals surface area contributed by atoms with Crippen molar-refractivity contribution < 1.29 is 23.7 Å². The fourth-order valence-electron chi connectivity index (χ4n) is 5.52. The van der Waals surface area contributed by atoms with E-state index in [0.29, 0.717) is 50.4 Å². The third-order valence-electron chi connectivity index (χ3n) is 7.45. The van der Waals surface area contributed by atoms with E-state index in [4.69, 9.17) is 18.9 Å². The van der Waals surface area contributed by atoms with Crippen molar-refractivity contribution in [3.8, 4) is 11.5 Å². The summed E-state index contributed by atoms with van der Waals surface area (Å²) >= 11 is 3.45. The van der Waals surface area contributed by atoms with Crippen LogP contribution in [-0.2, 0) is 22.7 Å². The Morgan fingerprint density at radius 3 is 2.10 bits per heavy atom. The zero-order valence-electron chi connectivity index (χ0n) is 21.1. The minimum atomic E-state index is -0.165. The van der Waals surface area contributed by atoms with Gasteiger partial charge in [-0.25, -0.2) is 4.79 Å². The highest BCUT2D eigenvalue weighted by Crippen LogP contribution is 2.36. The molecule has 4 aromatic rings. The van der Waals surface area contributed by atoms with Gasteiger partial charge >= 0.3 is 6.03 Å². The Morgan fingerprint density at radius 2 is 1.46 bits per heavy atom. The Kier molecular flexibility index (Phi) is 6.43. The maximum Gasteiger partial charge on any atom is 0.346 e. The van der Waals surface area contributed by atoms with Gasteiger partial charge in [0, 0.05) is 41.8 Å². The van der Waals surface area contributed by atoms with Crippen LogP contribution >= 0.6 is 15.9 Å². The molecular formula is C28H26BrN5O5. The number of carbonyl (C=O) groups excluding carboxylic acids is 1. The second-order valence-corrected chi connectivity index (χ2v) is 10.7. The van der Waals surface area contributed by atoms with Crippen LogP contribution in [0.2, 0.25) is 0 Å². The van der Waals surface area contributed by atoms with Crippen molar-refractivity contribution in [3.05, 3.63) is 81.3 Å². The summed E-state index contributed by atoms with van der Waals surface area (Å²) in [4.78, 5) is 17.7. The molecule has 11 heteroatoms. The molecule has 7 rings (SSSR count). The van der Waals surface area contributed by atoms with E-state index in [2.05, 4.69) is 55.4 Å². The average Bonchev–Trinajstić information content (AvgIpc) is 3.40. The predicted octanol–water partition coefficient (Wildman–Crippen LogP) is 4.30. The zero-order chi connectivity index (χ0) is 26.3. The molecule has 0 N–H and O–H groups in total. The van der Waals surface area contributed by atoms with E-state index in [1.165, 1.54) is 4.68 Å². The Hall–Kier alpha value is -3.51. The van der Waals surface area contributed by atoms with Crippen LogP contribution in [0.1, 0.15) is 28.3 Å². The first-order chi connectivity index (χ1) is 19.1. The van der Waals surface area contributed by atoms with Crippen LogP contribution in [0.5, 0.6) is 11.5 Å². The van der Waals surface area contributed by atoms with Gasteiger partial charge in [-0.05, 0) is 53.6 Å². The number of fused-ring (bicyclic) bond motifs is 3. The van der Waals surface area contributed by atoms with Crippen molar-refractivity contribution in [2.75, 3.05) is 39.8 Å². The standard InChI is InChI=1S/C28H26BrN5O5/c29-22-3-4-24-23(13-22)30-31-34(24)28(35)33-9-7-32(8-10-33)27(18-1-5-25-20(11-18)14-36-16-38-25)19-2-6-26-21(12-19)15-37-17-39-26/h1-6,11-13,27H,7-10,14-17H2. The van der Waals surface area contributed by atoms with Gasteiger partial charge in [-0.1, -0.05) is 33.3 Å². The molecule has 1 amide bonds. The van der Waals surface area contributed by atoms with Gasteiger partial charge in [-0.2, -0.15) is 4.68 Å². The lowest BCUT2D eigenvalue weighted by atomic mass is 9.93. The molecule has 3 aliphatic heterocycles. The van der Waals surface area contributed by atoms with Crippen molar-refractivity contribution in [3.63, 3.8) is 0 Å². The van der Waals surface area contributed by atoms with Gasteiger partial charge in [0.1, 0.15) is 17.0 Å². The van der Waals surface area contributed by atoms with Gasteiger partial charge in [0.2, 0.25) is 0 Å². The number of hydrogen-bond acceptors (Lipinski definition) is 8. The first kappa shape index (κ1) is 24.5.